The van der Waals surface area contributed by atoms with Crippen LogP contribution in [0, 0.1) is 6.92 Å². The van der Waals surface area contributed by atoms with E-state index in [4.69, 9.17) is 19.4 Å². The Morgan fingerprint density at radius 3 is 2.50 bits per heavy atom. The van der Waals surface area contributed by atoms with Crippen molar-refractivity contribution in [2.45, 2.75) is 33.2 Å². The van der Waals surface area contributed by atoms with Gasteiger partial charge in [0.15, 0.2) is 0 Å². The number of imide groups is 2. The third kappa shape index (κ3) is 7.34. The van der Waals surface area contributed by atoms with E-state index in [0.29, 0.717) is 31.3 Å². The molecular formula is C38H39N7O6S. The Labute approximate surface area is 305 Å². The molecule has 1 fully saturated rings. The zero-order valence-corrected chi connectivity index (χ0v) is 29.1. The second kappa shape index (κ2) is 15.3. The van der Waals surface area contributed by atoms with E-state index in [2.05, 4.69) is 51.7 Å². The summed E-state index contributed by atoms with van der Waals surface area (Å²) in [5.41, 5.74) is 6.33. The Kier molecular flexibility index (Phi) is 10.6. The Hall–Kier alpha value is -5.73. The maximum atomic E-state index is 13.0. The van der Waals surface area contributed by atoms with Gasteiger partial charge in [-0.1, -0.05) is 7.43 Å². The Morgan fingerprint density at radius 1 is 0.923 bits per heavy atom. The summed E-state index contributed by atoms with van der Waals surface area (Å²) in [5.74, 6) is -1.09. The van der Waals surface area contributed by atoms with Crippen LogP contribution in [-0.2, 0) is 14.3 Å². The van der Waals surface area contributed by atoms with Crippen LogP contribution in [0.5, 0.6) is 5.75 Å². The van der Waals surface area contributed by atoms with Gasteiger partial charge >= 0.3 is 0 Å². The summed E-state index contributed by atoms with van der Waals surface area (Å²) >= 11 is 1.66. The molecule has 0 spiro atoms. The Bertz CT molecular complexity index is 2170. The lowest BCUT2D eigenvalue weighted by atomic mass is 10.0. The number of hydrogen-bond donors (Lipinski definition) is 2. The molecule has 0 radical (unpaired) electrons. The van der Waals surface area contributed by atoms with Crippen LogP contribution in [0.3, 0.4) is 0 Å². The second-order valence-corrected chi connectivity index (χ2v) is 13.5. The number of amides is 4. The predicted molar refractivity (Wildman–Crippen MR) is 200 cm³/mol. The standard InChI is InChI=1S/C37H35N7O6S.CH4/c1-21-16-29(39-20-27(21)35-41-28-8-5-23(43(2)3)17-31(28)51-35)22-4-10-32(40-19-22)38-12-13-49-14-15-50-24-6-7-25-26(18-24)37(48)44(36(25)47)30-9-11-33(45)42-34(30)46;/h4-8,10,16-20,30H,9,11-15H2,1-3H3,(H,38,40)(H,42,45,46);1H4. The molecule has 4 amide bonds. The molecule has 2 N–H and O–H groups in total. The monoisotopic (exact) mass is 721 g/mol. The molecule has 0 aliphatic carbocycles. The van der Waals surface area contributed by atoms with Crippen LogP contribution in [0.25, 0.3) is 32.0 Å². The summed E-state index contributed by atoms with van der Waals surface area (Å²) in [6.07, 6.45) is 3.84. The summed E-state index contributed by atoms with van der Waals surface area (Å²) in [6.45, 7) is 3.54. The van der Waals surface area contributed by atoms with E-state index in [1.807, 2.05) is 32.4 Å². The van der Waals surface area contributed by atoms with E-state index >= 15 is 0 Å². The molecule has 52 heavy (non-hydrogen) atoms. The van der Waals surface area contributed by atoms with E-state index in [9.17, 15) is 19.2 Å². The van der Waals surface area contributed by atoms with Gasteiger partial charge in [-0.3, -0.25) is 34.4 Å². The number of carbonyl (C=O) groups is 4. The molecule has 5 heterocycles. The number of thiazole rings is 1. The third-order valence-corrected chi connectivity index (χ3v) is 9.80. The molecule has 1 atom stereocenters. The number of aryl methyl sites for hydroxylation is 1. The van der Waals surface area contributed by atoms with Crippen LogP contribution in [0.15, 0.2) is 67.0 Å². The number of pyridine rings is 2. The number of hydrogen-bond acceptors (Lipinski definition) is 12. The summed E-state index contributed by atoms with van der Waals surface area (Å²) < 4.78 is 12.6. The van der Waals surface area contributed by atoms with Crippen molar-refractivity contribution in [2.24, 2.45) is 0 Å². The van der Waals surface area contributed by atoms with Gasteiger partial charge in [0.25, 0.3) is 11.8 Å². The highest BCUT2D eigenvalue weighted by molar-refractivity contribution is 7.21. The average molecular weight is 722 g/mol. The van der Waals surface area contributed by atoms with E-state index < -0.39 is 29.7 Å². The van der Waals surface area contributed by atoms with Gasteiger partial charge in [-0.05, 0) is 73.5 Å². The molecule has 1 saturated heterocycles. The van der Waals surface area contributed by atoms with Gasteiger partial charge in [0.2, 0.25) is 11.8 Å². The zero-order valence-electron chi connectivity index (χ0n) is 28.3. The fraction of sp³-hybridized carbons (Fsp3) is 0.289. The van der Waals surface area contributed by atoms with Crippen LogP contribution in [0.4, 0.5) is 11.5 Å². The fourth-order valence-corrected chi connectivity index (χ4v) is 7.08. The quantitative estimate of drug-likeness (QED) is 0.127. The first kappa shape index (κ1) is 36.1. The summed E-state index contributed by atoms with van der Waals surface area (Å²) in [6, 6.07) is 15.8. The van der Waals surface area contributed by atoms with Crippen molar-refractivity contribution in [3.8, 4) is 27.6 Å². The van der Waals surface area contributed by atoms with Crippen molar-refractivity contribution < 1.29 is 28.7 Å². The molecule has 14 heteroatoms. The average Bonchev–Trinajstić information content (AvgIpc) is 3.65. The van der Waals surface area contributed by atoms with Crippen LogP contribution in [-0.4, -0.2) is 90.0 Å². The smallest absolute Gasteiger partial charge is 0.262 e. The SMILES string of the molecule is C.Cc1cc(-c2ccc(NCCOCCOc3ccc4c(c3)C(=O)N(C3CCC(=O)NC3=O)C4=O)nc2)ncc1-c1nc2ccc(N(C)C)cc2s1. The van der Waals surface area contributed by atoms with E-state index in [0.717, 1.165) is 48.2 Å². The number of rotatable bonds is 12. The lowest BCUT2D eigenvalue weighted by Crippen LogP contribution is -2.54. The van der Waals surface area contributed by atoms with Crippen molar-refractivity contribution in [3.63, 3.8) is 0 Å². The largest absolute Gasteiger partial charge is 0.491 e. The first-order valence-corrected chi connectivity index (χ1v) is 17.3. The number of piperidine rings is 1. The van der Waals surface area contributed by atoms with Gasteiger partial charge in [-0.25, -0.2) is 9.97 Å². The molecule has 7 rings (SSSR count). The number of benzene rings is 2. The molecule has 0 bridgehead atoms. The first-order valence-electron chi connectivity index (χ1n) is 16.5. The molecule has 3 aromatic heterocycles. The minimum absolute atomic E-state index is 0. The molecule has 0 saturated carbocycles. The summed E-state index contributed by atoms with van der Waals surface area (Å²) in [5, 5.41) is 6.38. The van der Waals surface area contributed by atoms with Crippen molar-refractivity contribution in [1.29, 1.82) is 0 Å². The summed E-state index contributed by atoms with van der Waals surface area (Å²) in [4.78, 5) is 66.7. The maximum Gasteiger partial charge on any atom is 0.262 e. The van der Waals surface area contributed by atoms with Gasteiger partial charge in [-0.2, -0.15) is 0 Å². The molecule has 268 valence electrons. The van der Waals surface area contributed by atoms with Crippen LogP contribution in [0.1, 0.15) is 46.5 Å². The Morgan fingerprint density at radius 2 is 1.75 bits per heavy atom. The normalized spacial score (nSPS) is 15.4. The number of nitrogens with zero attached hydrogens (tertiary/aromatic N) is 5. The van der Waals surface area contributed by atoms with Gasteiger partial charge < -0.3 is 19.7 Å². The van der Waals surface area contributed by atoms with E-state index in [1.54, 1.807) is 23.6 Å². The highest BCUT2D eigenvalue weighted by atomic mass is 32.1. The minimum Gasteiger partial charge on any atom is -0.491 e. The number of carbonyl (C=O) groups excluding carboxylic acids is 4. The van der Waals surface area contributed by atoms with E-state index in [-0.39, 0.29) is 38.0 Å². The molecule has 1 unspecified atom stereocenters. The second-order valence-electron chi connectivity index (χ2n) is 12.4. The van der Waals surface area contributed by atoms with Crippen molar-refractivity contribution >= 4 is 56.7 Å². The van der Waals surface area contributed by atoms with Gasteiger partial charge in [-0.15, -0.1) is 11.3 Å². The number of anilines is 2. The van der Waals surface area contributed by atoms with Crippen LogP contribution >= 0.6 is 11.3 Å². The highest BCUT2D eigenvalue weighted by Gasteiger charge is 2.44. The van der Waals surface area contributed by atoms with Gasteiger partial charge in [0.05, 0.1) is 40.3 Å². The first-order chi connectivity index (χ1) is 24.7. The van der Waals surface area contributed by atoms with Crippen LogP contribution < -0.4 is 20.3 Å². The maximum absolute atomic E-state index is 13.0. The number of nitrogens with one attached hydrogen (secondary N) is 2. The number of fused-ring (bicyclic) bond motifs is 2. The van der Waals surface area contributed by atoms with Crippen molar-refractivity contribution in [1.82, 2.24) is 25.2 Å². The predicted octanol–water partition coefficient (Wildman–Crippen LogP) is 5.34. The molecule has 13 nitrogen and oxygen atoms in total. The van der Waals surface area contributed by atoms with Crippen LogP contribution in [0.2, 0.25) is 0 Å². The molecule has 2 aliphatic heterocycles. The number of ether oxygens (including phenoxy) is 2. The Balaban J connectivity index is 0.00000464. The fourth-order valence-electron chi connectivity index (χ4n) is 6.01. The molecular weight excluding hydrogens is 683 g/mol. The van der Waals surface area contributed by atoms with E-state index in [1.165, 1.54) is 12.1 Å². The molecule has 2 aromatic carbocycles. The third-order valence-electron chi connectivity index (χ3n) is 8.75. The zero-order chi connectivity index (χ0) is 35.6. The van der Waals surface area contributed by atoms with Gasteiger partial charge in [0, 0.05) is 56.3 Å². The van der Waals surface area contributed by atoms with Crippen molar-refractivity contribution in [2.75, 3.05) is 50.7 Å². The lowest BCUT2D eigenvalue weighted by Gasteiger charge is -2.27. The highest BCUT2D eigenvalue weighted by Crippen LogP contribution is 2.35. The topological polar surface area (TPSA) is 156 Å². The van der Waals surface area contributed by atoms with Crippen molar-refractivity contribution in [3.05, 3.63) is 83.7 Å². The lowest BCUT2D eigenvalue weighted by molar-refractivity contribution is -0.136. The molecule has 2 aliphatic rings. The van der Waals surface area contributed by atoms with Gasteiger partial charge in [0.1, 0.15) is 29.2 Å². The number of aromatic nitrogens is 3. The minimum atomic E-state index is -1.01. The molecule has 5 aromatic rings. The summed E-state index contributed by atoms with van der Waals surface area (Å²) in [7, 11) is 4.06.